The number of benzene rings is 3. The molecular weight excluding hydrogens is 386 g/mol. The molecule has 1 N–H and O–H groups in total. The smallest absolute Gasteiger partial charge is 0.328 e. The van der Waals surface area contributed by atoms with Crippen molar-refractivity contribution >= 4 is 23.5 Å². The summed E-state index contributed by atoms with van der Waals surface area (Å²) in [5.41, 5.74) is 2.58. The summed E-state index contributed by atoms with van der Waals surface area (Å²) in [7, 11) is 1.31. The Morgan fingerprint density at radius 2 is 1.38 bits per heavy atom. The molecule has 0 saturated carbocycles. The summed E-state index contributed by atoms with van der Waals surface area (Å²) in [5, 5.41) is 3.49. The van der Waals surface area contributed by atoms with Gasteiger partial charge in [-0.25, -0.2) is 4.79 Å². The van der Waals surface area contributed by atoms with Crippen LogP contribution < -0.4 is 5.32 Å². The lowest BCUT2D eigenvalue weighted by molar-refractivity contribution is -0.145. The third-order valence-electron chi connectivity index (χ3n) is 4.68. The van der Waals surface area contributed by atoms with Crippen LogP contribution in [-0.4, -0.2) is 25.0 Å². The predicted molar refractivity (Wildman–Crippen MR) is 114 cm³/mol. The van der Waals surface area contributed by atoms with E-state index in [2.05, 4.69) is 5.32 Å². The number of esters is 1. The molecule has 1 atom stereocenters. The van der Waals surface area contributed by atoms with Crippen molar-refractivity contribution in [3.8, 4) is 0 Å². The fourth-order valence-electron chi connectivity index (χ4n) is 3.23. The minimum Gasteiger partial charge on any atom is -0.467 e. The van der Waals surface area contributed by atoms with E-state index in [4.69, 9.17) is 16.3 Å². The molecule has 0 radical (unpaired) electrons. The molecule has 1 amide bonds. The molecule has 0 spiro atoms. The molecule has 0 heterocycles. The second-order valence-corrected chi connectivity index (χ2v) is 7.11. The van der Waals surface area contributed by atoms with Gasteiger partial charge in [-0.05, 0) is 28.8 Å². The summed E-state index contributed by atoms with van der Waals surface area (Å²) < 4.78 is 4.92. The van der Waals surface area contributed by atoms with E-state index >= 15 is 0 Å². The first-order valence-electron chi connectivity index (χ1n) is 9.31. The van der Waals surface area contributed by atoms with Crippen molar-refractivity contribution in [1.29, 1.82) is 0 Å². The van der Waals surface area contributed by atoms with Crippen molar-refractivity contribution < 1.29 is 14.3 Å². The standard InChI is InChI=1S/C24H22ClNO3/c1-29-24(28)21(16-17-12-14-20(25)15-13-17)26-23(27)22(18-8-4-2-5-9-18)19-10-6-3-7-11-19/h2-15,21-22H,16H2,1H3,(H,26,27)/t21-/m0/s1. The second kappa shape index (κ2) is 9.89. The molecule has 3 rings (SSSR count). The van der Waals surface area contributed by atoms with Gasteiger partial charge in [-0.1, -0.05) is 84.4 Å². The van der Waals surface area contributed by atoms with Crippen molar-refractivity contribution in [3.63, 3.8) is 0 Å². The number of hydrogen-bond acceptors (Lipinski definition) is 3. The Balaban J connectivity index is 1.87. The van der Waals surface area contributed by atoms with E-state index in [1.165, 1.54) is 7.11 Å². The molecule has 4 nitrogen and oxygen atoms in total. The molecule has 3 aromatic rings. The fraction of sp³-hybridized carbons (Fsp3) is 0.167. The molecule has 0 aromatic heterocycles. The van der Waals surface area contributed by atoms with Gasteiger partial charge >= 0.3 is 5.97 Å². The van der Waals surface area contributed by atoms with Gasteiger partial charge in [0, 0.05) is 11.4 Å². The number of ether oxygens (including phenoxy) is 1. The topological polar surface area (TPSA) is 55.4 Å². The minimum atomic E-state index is -0.802. The van der Waals surface area contributed by atoms with Crippen LogP contribution in [0.1, 0.15) is 22.6 Å². The average Bonchev–Trinajstić information content (AvgIpc) is 2.76. The number of nitrogens with one attached hydrogen (secondary N) is 1. The van der Waals surface area contributed by atoms with Gasteiger partial charge in [-0.2, -0.15) is 0 Å². The number of carbonyl (C=O) groups is 2. The number of halogens is 1. The van der Waals surface area contributed by atoms with Crippen molar-refractivity contribution in [2.75, 3.05) is 7.11 Å². The number of rotatable bonds is 7. The van der Waals surface area contributed by atoms with Crippen LogP contribution in [-0.2, 0) is 20.7 Å². The lowest BCUT2D eigenvalue weighted by atomic mass is 9.90. The zero-order valence-electron chi connectivity index (χ0n) is 16.0. The van der Waals surface area contributed by atoms with Crippen molar-refractivity contribution in [2.45, 2.75) is 18.4 Å². The van der Waals surface area contributed by atoms with Crippen LogP contribution in [0.25, 0.3) is 0 Å². The van der Waals surface area contributed by atoms with E-state index in [0.717, 1.165) is 16.7 Å². The lowest BCUT2D eigenvalue weighted by Crippen LogP contribution is -2.45. The maximum Gasteiger partial charge on any atom is 0.328 e. The summed E-state index contributed by atoms with van der Waals surface area (Å²) >= 11 is 5.94. The molecule has 29 heavy (non-hydrogen) atoms. The molecule has 0 aliphatic carbocycles. The summed E-state index contributed by atoms with van der Waals surface area (Å²) in [6.07, 6.45) is 0.311. The lowest BCUT2D eigenvalue weighted by Gasteiger charge is -2.22. The van der Waals surface area contributed by atoms with E-state index in [0.29, 0.717) is 11.4 Å². The molecule has 0 fully saturated rings. The first kappa shape index (κ1) is 20.6. The van der Waals surface area contributed by atoms with Crippen LogP contribution in [0, 0.1) is 0 Å². The SMILES string of the molecule is COC(=O)[C@H](Cc1ccc(Cl)cc1)NC(=O)C(c1ccccc1)c1ccccc1. The van der Waals surface area contributed by atoms with Crippen LogP contribution in [0.3, 0.4) is 0 Å². The highest BCUT2D eigenvalue weighted by Crippen LogP contribution is 2.25. The first-order valence-corrected chi connectivity index (χ1v) is 9.69. The highest BCUT2D eigenvalue weighted by atomic mass is 35.5. The third kappa shape index (κ3) is 5.46. The molecule has 0 aliphatic rings. The molecule has 3 aromatic carbocycles. The fourth-order valence-corrected chi connectivity index (χ4v) is 3.36. The van der Waals surface area contributed by atoms with Crippen LogP contribution in [0.15, 0.2) is 84.9 Å². The summed E-state index contributed by atoms with van der Waals surface area (Å²) in [5.74, 6) is -1.28. The molecular formula is C24H22ClNO3. The maximum atomic E-state index is 13.3. The molecule has 0 aliphatic heterocycles. The van der Waals surface area contributed by atoms with Gasteiger partial charge in [0.15, 0.2) is 0 Å². The molecule has 0 unspecified atom stereocenters. The van der Waals surface area contributed by atoms with Gasteiger partial charge in [-0.15, -0.1) is 0 Å². The average molecular weight is 408 g/mol. The summed E-state index contributed by atoms with van der Waals surface area (Å²) in [6, 6.07) is 25.4. The monoisotopic (exact) mass is 407 g/mol. The largest absolute Gasteiger partial charge is 0.467 e. The highest BCUT2D eigenvalue weighted by Gasteiger charge is 2.28. The Bertz CT molecular complexity index is 903. The van der Waals surface area contributed by atoms with E-state index in [-0.39, 0.29) is 5.91 Å². The summed E-state index contributed by atoms with van der Waals surface area (Å²) in [4.78, 5) is 25.6. The zero-order valence-corrected chi connectivity index (χ0v) is 16.8. The maximum absolute atomic E-state index is 13.3. The number of hydrogen-bond donors (Lipinski definition) is 1. The highest BCUT2D eigenvalue weighted by molar-refractivity contribution is 6.30. The second-order valence-electron chi connectivity index (χ2n) is 6.67. The van der Waals surface area contributed by atoms with Crippen LogP contribution in [0.4, 0.5) is 0 Å². The number of carbonyl (C=O) groups excluding carboxylic acids is 2. The quantitative estimate of drug-likeness (QED) is 0.591. The van der Waals surface area contributed by atoms with Gasteiger partial charge in [-0.3, -0.25) is 4.79 Å². The number of amides is 1. The minimum absolute atomic E-state index is 0.258. The Morgan fingerprint density at radius 3 is 1.86 bits per heavy atom. The van der Waals surface area contributed by atoms with Crippen LogP contribution in [0.5, 0.6) is 0 Å². The number of methoxy groups -OCH3 is 1. The predicted octanol–water partition coefficient (Wildman–Crippen LogP) is 4.37. The Kier molecular flexibility index (Phi) is 7.04. The van der Waals surface area contributed by atoms with E-state index in [1.54, 1.807) is 12.1 Å². The zero-order chi connectivity index (χ0) is 20.6. The Hall–Kier alpha value is -3.11. The first-order chi connectivity index (χ1) is 14.1. The molecule has 0 saturated heterocycles. The molecule has 148 valence electrons. The van der Waals surface area contributed by atoms with E-state index < -0.39 is 17.9 Å². The Morgan fingerprint density at radius 1 is 0.862 bits per heavy atom. The third-order valence-corrected chi connectivity index (χ3v) is 4.94. The van der Waals surface area contributed by atoms with E-state index in [1.807, 2.05) is 72.8 Å². The molecule has 0 bridgehead atoms. The van der Waals surface area contributed by atoms with Gasteiger partial charge in [0.1, 0.15) is 6.04 Å². The van der Waals surface area contributed by atoms with Gasteiger partial charge < -0.3 is 10.1 Å². The van der Waals surface area contributed by atoms with Crippen molar-refractivity contribution in [3.05, 3.63) is 107 Å². The van der Waals surface area contributed by atoms with Gasteiger partial charge in [0.2, 0.25) is 5.91 Å². The van der Waals surface area contributed by atoms with Crippen LogP contribution >= 0.6 is 11.6 Å². The summed E-state index contributed by atoms with van der Waals surface area (Å²) in [6.45, 7) is 0. The van der Waals surface area contributed by atoms with Crippen LogP contribution in [0.2, 0.25) is 5.02 Å². The molecule has 5 heteroatoms. The Labute approximate surface area is 175 Å². The van der Waals surface area contributed by atoms with E-state index in [9.17, 15) is 9.59 Å². The normalized spacial score (nSPS) is 11.7. The van der Waals surface area contributed by atoms with Gasteiger partial charge in [0.05, 0.1) is 13.0 Å². The van der Waals surface area contributed by atoms with Crippen molar-refractivity contribution in [2.24, 2.45) is 0 Å². The van der Waals surface area contributed by atoms with Gasteiger partial charge in [0.25, 0.3) is 0 Å². The van der Waals surface area contributed by atoms with Crippen molar-refractivity contribution in [1.82, 2.24) is 5.32 Å².